The van der Waals surface area contributed by atoms with Crippen molar-refractivity contribution in [1.29, 1.82) is 0 Å². The van der Waals surface area contributed by atoms with E-state index < -0.39 is 10.9 Å². The number of nitro groups is 1. The van der Waals surface area contributed by atoms with E-state index in [1.807, 2.05) is 0 Å². The van der Waals surface area contributed by atoms with Gasteiger partial charge < -0.3 is 9.52 Å². The van der Waals surface area contributed by atoms with Crippen molar-refractivity contribution in [3.05, 3.63) is 63.9 Å². The molecular weight excluding hydrogens is 430 g/mol. The molecule has 3 fully saturated rings. The third-order valence-electron chi connectivity index (χ3n) is 7.28. The van der Waals surface area contributed by atoms with Crippen LogP contribution in [0.1, 0.15) is 22.5 Å². The van der Waals surface area contributed by atoms with Crippen LogP contribution in [0.15, 0.2) is 52.0 Å². The summed E-state index contributed by atoms with van der Waals surface area (Å²) in [4.78, 5) is 47.8. The fraction of sp³-hybridized carbons (Fsp3) is 0.304. The van der Waals surface area contributed by atoms with Crippen molar-refractivity contribution in [1.82, 2.24) is 5.01 Å². The number of furan rings is 1. The lowest BCUT2D eigenvalue weighted by molar-refractivity contribution is -0.384. The molecule has 0 radical (unpaired) electrons. The largest absolute Gasteiger partial charge is 0.478 e. The summed E-state index contributed by atoms with van der Waals surface area (Å²) in [6.45, 7) is 0. The van der Waals surface area contributed by atoms with Gasteiger partial charge in [0.05, 0.1) is 28.5 Å². The quantitative estimate of drug-likeness (QED) is 0.244. The minimum atomic E-state index is -1.34. The Hall–Kier alpha value is -4.08. The van der Waals surface area contributed by atoms with Gasteiger partial charge in [0.15, 0.2) is 0 Å². The van der Waals surface area contributed by atoms with E-state index in [0.717, 1.165) is 17.5 Å². The van der Waals surface area contributed by atoms with Crippen LogP contribution in [0.5, 0.6) is 0 Å². The first-order valence-electron chi connectivity index (χ1n) is 10.6. The number of amides is 2. The minimum Gasteiger partial charge on any atom is -0.478 e. The number of rotatable bonds is 5. The van der Waals surface area contributed by atoms with Crippen molar-refractivity contribution >= 4 is 29.7 Å². The van der Waals surface area contributed by atoms with Gasteiger partial charge >= 0.3 is 5.97 Å². The highest BCUT2D eigenvalue weighted by Crippen LogP contribution is 2.65. The first-order valence-corrected chi connectivity index (χ1v) is 10.6. The fourth-order valence-electron chi connectivity index (χ4n) is 5.77. The van der Waals surface area contributed by atoms with E-state index in [1.54, 1.807) is 0 Å². The topological polar surface area (TPSA) is 143 Å². The molecule has 2 aromatic rings. The van der Waals surface area contributed by atoms with Gasteiger partial charge in [0.2, 0.25) is 0 Å². The van der Waals surface area contributed by atoms with Crippen LogP contribution >= 0.6 is 0 Å². The molecule has 2 bridgehead atoms. The Morgan fingerprint density at radius 1 is 1.12 bits per heavy atom. The lowest BCUT2D eigenvalue weighted by Crippen LogP contribution is -2.40. The number of benzene rings is 1. The van der Waals surface area contributed by atoms with Crippen molar-refractivity contribution in [2.24, 2.45) is 40.6 Å². The summed E-state index contributed by atoms with van der Waals surface area (Å²) in [5, 5.41) is 25.4. The van der Waals surface area contributed by atoms with E-state index >= 15 is 0 Å². The highest BCUT2D eigenvalue weighted by molar-refractivity contribution is 6.06. The maximum Gasteiger partial charge on any atom is 0.336 e. The number of hydrazone groups is 1. The van der Waals surface area contributed by atoms with Gasteiger partial charge in [0.25, 0.3) is 17.5 Å². The zero-order chi connectivity index (χ0) is 23.0. The molecule has 1 aromatic carbocycles. The number of carbonyl (C=O) groups is 3. The van der Waals surface area contributed by atoms with Crippen molar-refractivity contribution in [3.63, 3.8) is 0 Å². The number of allylic oxidation sites excluding steroid dienone is 2. The molecule has 5 aliphatic rings. The fourth-order valence-corrected chi connectivity index (χ4v) is 5.77. The Kier molecular flexibility index (Phi) is 3.98. The summed E-state index contributed by atoms with van der Waals surface area (Å²) in [5.41, 5.74) is -0.468. The zero-order valence-electron chi connectivity index (χ0n) is 17.0. The van der Waals surface area contributed by atoms with Gasteiger partial charge in [-0.15, -0.1) is 0 Å². The van der Waals surface area contributed by atoms with Gasteiger partial charge in [-0.1, -0.05) is 12.2 Å². The average molecular weight is 447 g/mol. The molecule has 1 aromatic heterocycles. The number of carbonyl (C=O) groups excluding carboxylic acids is 2. The second-order valence-electron chi connectivity index (χ2n) is 8.88. The molecule has 10 heteroatoms. The number of aromatic carboxylic acids is 1. The first kappa shape index (κ1) is 19.6. The molecule has 10 nitrogen and oxygen atoms in total. The van der Waals surface area contributed by atoms with E-state index in [4.69, 9.17) is 4.42 Å². The number of nitro benzene ring substituents is 1. The number of hydrogen-bond donors (Lipinski definition) is 1. The summed E-state index contributed by atoms with van der Waals surface area (Å²) in [6, 6.07) is 6.47. The van der Waals surface area contributed by atoms with Gasteiger partial charge in [-0.25, -0.2) is 4.79 Å². The molecule has 0 spiro atoms. The molecule has 2 amide bonds. The first-order chi connectivity index (χ1) is 15.8. The van der Waals surface area contributed by atoms with E-state index in [9.17, 15) is 29.6 Å². The molecular formula is C23H17N3O7. The molecule has 1 saturated heterocycles. The maximum atomic E-state index is 13.0. The van der Waals surface area contributed by atoms with Gasteiger partial charge in [0, 0.05) is 17.7 Å². The number of carboxylic acid groups (broad SMARTS) is 1. The Morgan fingerprint density at radius 2 is 1.79 bits per heavy atom. The third kappa shape index (κ3) is 2.80. The molecule has 7 rings (SSSR count). The van der Waals surface area contributed by atoms with Crippen LogP contribution in [0.25, 0.3) is 11.3 Å². The van der Waals surface area contributed by atoms with Crippen LogP contribution in [-0.2, 0) is 9.59 Å². The van der Waals surface area contributed by atoms with E-state index in [1.165, 1.54) is 30.5 Å². The average Bonchev–Trinajstić information content (AvgIpc) is 3.44. The molecule has 2 heterocycles. The number of nitrogens with zero attached hydrogens (tertiary/aromatic N) is 3. The van der Waals surface area contributed by atoms with Crippen LogP contribution < -0.4 is 0 Å². The van der Waals surface area contributed by atoms with Crippen LogP contribution in [-0.4, -0.2) is 39.0 Å². The lowest BCUT2D eigenvalue weighted by Gasteiger charge is -2.37. The molecule has 33 heavy (non-hydrogen) atoms. The molecule has 4 aliphatic carbocycles. The number of hydrogen-bond acceptors (Lipinski definition) is 7. The SMILES string of the molecule is O=C(O)c1cc([N+](=O)[O-])ccc1-c1ccc(/C=N\N2C(=O)[C@@H]3[C@H]4C=C[C@@H]([C@@H]5C[C@H]45)[C@H]3C2=O)o1. The van der Waals surface area contributed by atoms with Gasteiger partial charge in [-0.3, -0.25) is 19.7 Å². The smallest absolute Gasteiger partial charge is 0.336 e. The van der Waals surface area contributed by atoms with E-state index in [0.29, 0.717) is 11.8 Å². The molecule has 1 N–H and O–H groups in total. The number of imide groups is 1. The Balaban J connectivity index is 1.26. The third-order valence-corrected chi connectivity index (χ3v) is 7.28. The van der Waals surface area contributed by atoms with E-state index in [-0.39, 0.29) is 63.8 Å². The van der Waals surface area contributed by atoms with Crippen molar-refractivity contribution in [2.45, 2.75) is 6.42 Å². The summed E-state index contributed by atoms with van der Waals surface area (Å²) < 4.78 is 5.64. The predicted octanol–water partition coefficient (Wildman–Crippen LogP) is 2.94. The summed E-state index contributed by atoms with van der Waals surface area (Å²) >= 11 is 0. The summed E-state index contributed by atoms with van der Waals surface area (Å²) in [7, 11) is 0. The van der Waals surface area contributed by atoms with Crippen LogP contribution in [0, 0.1) is 45.6 Å². The summed E-state index contributed by atoms with van der Waals surface area (Å²) in [6.07, 6.45) is 6.50. The number of non-ortho nitro benzene ring substituents is 1. The predicted molar refractivity (Wildman–Crippen MR) is 112 cm³/mol. The maximum absolute atomic E-state index is 13.0. The number of carboxylic acids is 1. The van der Waals surface area contributed by atoms with Crippen LogP contribution in [0.4, 0.5) is 5.69 Å². The highest BCUT2D eigenvalue weighted by atomic mass is 16.6. The normalized spacial score (nSPS) is 31.2. The Labute approximate surface area is 186 Å². The van der Waals surface area contributed by atoms with Crippen molar-refractivity contribution in [2.75, 3.05) is 0 Å². The van der Waals surface area contributed by atoms with Crippen molar-refractivity contribution in [3.8, 4) is 11.3 Å². The van der Waals surface area contributed by atoms with Gasteiger partial charge in [-0.2, -0.15) is 10.1 Å². The Morgan fingerprint density at radius 3 is 2.39 bits per heavy atom. The van der Waals surface area contributed by atoms with Crippen LogP contribution in [0.3, 0.4) is 0 Å². The highest BCUT2D eigenvalue weighted by Gasteiger charge is 2.67. The van der Waals surface area contributed by atoms with Gasteiger partial charge in [-0.05, 0) is 48.3 Å². The second kappa shape index (κ2) is 6.71. The van der Waals surface area contributed by atoms with E-state index in [2.05, 4.69) is 17.3 Å². The van der Waals surface area contributed by atoms with Crippen LogP contribution in [0.2, 0.25) is 0 Å². The van der Waals surface area contributed by atoms with Crippen molar-refractivity contribution < 1.29 is 28.8 Å². The lowest BCUT2D eigenvalue weighted by atomic mass is 9.63. The second-order valence-corrected chi connectivity index (χ2v) is 8.88. The standard InChI is InChI=1S/C23H17N3O7/c27-21-19-13-4-5-14(16-8-15(13)16)20(19)22(28)25(21)24-9-11-2-6-18(33-11)12-3-1-10(26(31)32)7-17(12)23(29)30/h1-7,9,13-16,19-20H,8H2,(H,29,30)/b24-9-/t13-,14-,15-,16+,19+,20+/m0/s1. The molecule has 6 atom stereocenters. The molecule has 166 valence electrons. The molecule has 2 saturated carbocycles. The minimum absolute atomic E-state index is 0.105. The summed E-state index contributed by atoms with van der Waals surface area (Å²) in [5.74, 6) is -1.03. The zero-order valence-corrected chi connectivity index (χ0v) is 17.0. The molecule has 0 unspecified atom stereocenters. The monoisotopic (exact) mass is 447 g/mol. The molecule has 1 aliphatic heterocycles. The van der Waals surface area contributed by atoms with Gasteiger partial charge in [0.1, 0.15) is 11.5 Å². The Bertz CT molecular complexity index is 1270.